The maximum atomic E-state index is 13.5. The Morgan fingerprint density at radius 2 is 2.24 bits per heavy atom. The van der Waals surface area contributed by atoms with Crippen LogP contribution in [0.15, 0.2) is 30.4 Å². The number of aryl methyl sites for hydroxylation is 1. The molecule has 1 amide bonds. The Morgan fingerprint density at radius 3 is 2.88 bits per heavy atom. The number of allylic oxidation sites excluding steroid dienone is 2. The van der Waals surface area contributed by atoms with Crippen molar-refractivity contribution in [3.63, 3.8) is 0 Å². The van der Waals surface area contributed by atoms with Crippen LogP contribution in [-0.4, -0.2) is 12.5 Å². The van der Waals surface area contributed by atoms with Crippen molar-refractivity contribution in [1.29, 1.82) is 0 Å². The number of benzene rings is 1. The van der Waals surface area contributed by atoms with Crippen LogP contribution in [0.3, 0.4) is 0 Å². The van der Waals surface area contributed by atoms with Crippen molar-refractivity contribution in [2.75, 3.05) is 6.54 Å². The van der Waals surface area contributed by atoms with Gasteiger partial charge in [-0.15, -0.1) is 0 Å². The van der Waals surface area contributed by atoms with Gasteiger partial charge in [-0.05, 0) is 44.4 Å². The summed E-state index contributed by atoms with van der Waals surface area (Å²) in [5, 5.41) is 2.71. The summed E-state index contributed by atoms with van der Waals surface area (Å²) in [5.41, 5.74) is 0.925. The summed E-state index contributed by atoms with van der Waals surface area (Å²) < 4.78 is 13.5. The number of rotatable bonds is 5. The number of hydrogen-bond donors (Lipinski definition) is 1. The molecule has 0 heterocycles. The number of amides is 1. The molecule has 0 aliphatic carbocycles. The Hall–Kier alpha value is -1.64. The number of nitrogens with one attached hydrogen (secondary N) is 1. The van der Waals surface area contributed by atoms with Crippen molar-refractivity contribution in [2.24, 2.45) is 0 Å². The lowest BCUT2D eigenvalue weighted by Crippen LogP contribution is -2.25. The van der Waals surface area contributed by atoms with E-state index in [1.165, 1.54) is 12.1 Å². The first-order valence-electron chi connectivity index (χ1n) is 5.80. The van der Waals surface area contributed by atoms with Crippen LogP contribution in [0.4, 0.5) is 4.39 Å². The zero-order valence-corrected chi connectivity index (χ0v) is 10.3. The van der Waals surface area contributed by atoms with Crippen LogP contribution >= 0.6 is 0 Å². The van der Waals surface area contributed by atoms with Gasteiger partial charge in [0.25, 0.3) is 5.91 Å². The summed E-state index contributed by atoms with van der Waals surface area (Å²) in [7, 11) is 0. The predicted octanol–water partition coefficient (Wildman–Crippen LogP) is 3.22. The van der Waals surface area contributed by atoms with Gasteiger partial charge >= 0.3 is 0 Å². The van der Waals surface area contributed by atoms with Crippen LogP contribution in [0.5, 0.6) is 0 Å². The second kappa shape index (κ2) is 6.84. The number of halogens is 1. The molecule has 0 unspecified atom stereocenters. The van der Waals surface area contributed by atoms with Crippen LogP contribution < -0.4 is 5.32 Å². The summed E-state index contributed by atoms with van der Waals surface area (Å²) in [6, 6.07) is 4.62. The van der Waals surface area contributed by atoms with E-state index < -0.39 is 5.82 Å². The van der Waals surface area contributed by atoms with E-state index in [1.54, 1.807) is 13.0 Å². The maximum absolute atomic E-state index is 13.5. The molecule has 0 aliphatic rings. The lowest BCUT2D eigenvalue weighted by atomic mass is 10.1. The molecule has 0 saturated heterocycles. The normalized spacial score (nSPS) is 10.8. The molecule has 0 spiro atoms. The van der Waals surface area contributed by atoms with Crippen molar-refractivity contribution in [3.8, 4) is 0 Å². The average molecular weight is 235 g/mol. The molecular weight excluding hydrogens is 217 g/mol. The van der Waals surface area contributed by atoms with Gasteiger partial charge in [-0.25, -0.2) is 4.39 Å². The first-order chi connectivity index (χ1) is 8.15. The van der Waals surface area contributed by atoms with Gasteiger partial charge in [0.15, 0.2) is 0 Å². The van der Waals surface area contributed by atoms with E-state index in [2.05, 4.69) is 5.32 Å². The third-order valence-corrected chi connectivity index (χ3v) is 2.44. The molecule has 17 heavy (non-hydrogen) atoms. The summed E-state index contributed by atoms with van der Waals surface area (Å²) >= 11 is 0. The van der Waals surface area contributed by atoms with Crippen LogP contribution in [0.25, 0.3) is 0 Å². The highest BCUT2D eigenvalue weighted by Crippen LogP contribution is 2.09. The highest BCUT2D eigenvalue weighted by molar-refractivity contribution is 5.94. The number of carbonyl (C=O) groups excluding carboxylic acids is 1. The topological polar surface area (TPSA) is 29.1 Å². The fourth-order valence-electron chi connectivity index (χ4n) is 1.49. The monoisotopic (exact) mass is 235 g/mol. The second-order valence-electron chi connectivity index (χ2n) is 3.95. The Balaban J connectivity index is 2.47. The summed E-state index contributed by atoms with van der Waals surface area (Å²) in [5.74, 6) is -0.807. The molecule has 1 aromatic carbocycles. The molecule has 2 nitrogen and oxygen atoms in total. The van der Waals surface area contributed by atoms with E-state index in [9.17, 15) is 9.18 Å². The molecule has 0 radical (unpaired) electrons. The molecule has 0 aromatic heterocycles. The molecule has 0 aliphatic heterocycles. The molecule has 0 atom stereocenters. The number of carbonyl (C=O) groups is 1. The van der Waals surface area contributed by atoms with Crippen molar-refractivity contribution in [1.82, 2.24) is 5.32 Å². The highest BCUT2D eigenvalue weighted by Gasteiger charge is 2.10. The minimum atomic E-state index is -0.462. The molecule has 0 saturated carbocycles. The number of unbranched alkanes of at least 4 members (excludes halogenated alkanes) is 1. The fourth-order valence-corrected chi connectivity index (χ4v) is 1.49. The molecule has 1 rings (SSSR count). The highest BCUT2D eigenvalue weighted by atomic mass is 19.1. The minimum Gasteiger partial charge on any atom is -0.352 e. The second-order valence-corrected chi connectivity index (χ2v) is 3.95. The summed E-state index contributed by atoms with van der Waals surface area (Å²) in [6.07, 6.45) is 5.80. The third-order valence-electron chi connectivity index (χ3n) is 2.44. The van der Waals surface area contributed by atoms with E-state index in [4.69, 9.17) is 0 Å². The average Bonchev–Trinajstić information content (AvgIpc) is 2.28. The summed E-state index contributed by atoms with van der Waals surface area (Å²) in [6.45, 7) is 4.32. The zero-order chi connectivity index (χ0) is 12.7. The van der Waals surface area contributed by atoms with E-state index in [0.717, 1.165) is 18.4 Å². The van der Waals surface area contributed by atoms with Crippen molar-refractivity contribution < 1.29 is 9.18 Å². The largest absolute Gasteiger partial charge is 0.352 e. The van der Waals surface area contributed by atoms with Crippen LogP contribution in [0.2, 0.25) is 0 Å². The SMILES string of the molecule is CC=CCCCNC(=O)c1ccc(C)cc1F. The number of hydrogen-bond acceptors (Lipinski definition) is 1. The van der Waals surface area contributed by atoms with Gasteiger partial charge < -0.3 is 5.32 Å². The Labute approximate surface area is 102 Å². The third kappa shape index (κ3) is 4.39. The molecule has 3 heteroatoms. The Morgan fingerprint density at radius 1 is 1.47 bits per heavy atom. The maximum Gasteiger partial charge on any atom is 0.254 e. The predicted molar refractivity (Wildman–Crippen MR) is 67.5 cm³/mol. The van der Waals surface area contributed by atoms with Gasteiger partial charge in [-0.2, -0.15) is 0 Å². The minimum absolute atomic E-state index is 0.113. The standard InChI is InChI=1S/C14H18FNO/c1-3-4-5-6-9-16-14(17)12-8-7-11(2)10-13(12)15/h3-4,7-8,10H,5-6,9H2,1-2H3,(H,16,17). The quantitative estimate of drug-likeness (QED) is 0.616. The van der Waals surface area contributed by atoms with E-state index in [-0.39, 0.29) is 11.5 Å². The molecule has 1 N–H and O–H groups in total. The smallest absolute Gasteiger partial charge is 0.254 e. The van der Waals surface area contributed by atoms with E-state index in [1.807, 2.05) is 19.1 Å². The Bertz CT molecular complexity index is 413. The van der Waals surface area contributed by atoms with Crippen molar-refractivity contribution in [2.45, 2.75) is 26.7 Å². The lowest BCUT2D eigenvalue weighted by molar-refractivity contribution is 0.0949. The van der Waals surface area contributed by atoms with Crippen LogP contribution in [-0.2, 0) is 0 Å². The molecule has 0 bridgehead atoms. The van der Waals surface area contributed by atoms with Gasteiger partial charge in [-0.3, -0.25) is 4.79 Å². The van der Waals surface area contributed by atoms with E-state index in [0.29, 0.717) is 6.54 Å². The molecule has 1 aromatic rings. The van der Waals surface area contributed by atoms with Gasteiger partial charge in [0.2, 0.25) is 0 Å². The molecule has 0 fully saturated rings. The zero-order valence-electron chi connectivity index (χ0n) is 10.3. The fraction of sp³-hybridized carbons (Fsp3) is 0.357. The van der Waals surface area contributed by atoms with E-state index >= 15 is 0 Å². The van der Waals surface area contributed by atoms with Gasteiger partial charge in [0.1, 0.15) is 5.82 Å². The van der Waals surface area contributed by atoms with Crippen LogP contribution in [0, 0.1) is 12.7 Å². The van der Waals surface area contributed by atoms with Crippen molar-refractivity contribution in [3.05, 3.63) is 47.3 Å². The first-order valence-corrected chi connectivity index (χ1v) is 5.80. The van der Waals surface area contributed by atoms with Gasteiger partial charge in [-0.1, -0.05) is 18.2 Å². The van der Waals surface area contributed by atoms with Crippen LogP contribution in [0.1, 0.15) is 35.7 Å². The lowest BCUT2D eigenvalue weighted by Gasteiger charge is -2.05. The molecule has 92 valence electrons. The summed E-state index contributed by atoms with van der Waals surface area (Å²) in [4.78, 5) is 11.6. The first kappa shape index (κ1) is 13.4. The van der Waals surface area contributed by atoms with Crippen molar-refractivity contribution >= 4 is 5.91 Å². The van der Waals surface area contributed by atoms with Gasteiger partial charge in [0, 0.05) is 6.54 Å². The Kier molecular flexibility index (Phi) is 5.40. The molecular formula is C14H18FNO. The van der Waals surface area contributed by atoms with Gasteiger partial charge in [0.05, 0.1) is 5.56 Å².